The topological polar surface area (TPSA) is 44.0 Å². The van der Waals surface area contributed by atoms with Crippen molar-refractivity contribution in [3.05, 3.63) is 47.8 Å². The zero-order valence-electron chi connectivity index (χ0n) is 9.64. The number of phenols is 1. The molecule has 2 rings (SSSR count). The highest BCUT2D eigenvalue weighted by molar-refractivity contribution is 7.98. The van der Waals surface area contributed by atoms with Gasteiger partial charge in [-0.25, -0.2) is 4.39 Å². The number of rotatable bonds is 2. The second kappa shape index (κ2) is 5.11. The van der Waals surface area contributed by atoms with E-state index >= 15 is 0 Å². The third-order valence-corrected chi connectivity index (χ3v) is 3.31. The van der Waals surface area contributed by atoms with Crippen molar-refractivity contribution in [2.45, 2.75) is 4.90 Å². The lowest BCUT2D eigenvalue weighted by Gasteiger charge is -2.09. The Balaban J connectivity index is 2.67. The largest absolute Gasteiger partial charge is 0.506 e. The molecule has 0 radical (unpaired) electrons. The van der Waals surface area contributed by atoms with Crippen molar-refractivity contribution < 1.29 is 9.50 Å². The fraction of sp³-hybridized carbons (Fsp3) is 0.0714. The average molecular weight is 259 g/mol. The van der Waals surface area contributed by atoms with Crippen molar-refractivity contribution in [1.82, 2.24) is 0 Å². The van der Waals surface area contributed by atoms with Gasteiger partial charge in [0.2, 0.25) is 0 Å². The van der Waals surface area contributed by atoms with Crippen LogP contribution in [0.4, 0.5) is 4.39 Å². The molecule has 0 bridgehead atoms. The molecule has 1 N–H and O–H groups in total. The van der Waals surface area contributed by atoms with Gasteiger partial charge in [0.15, 0.2) is 0 Å². The van der Waals surface area contributed by atoms with Crippen molar-refractivity contribution in [2.75, 3.05) is 6.26 Å². The predicted octanol–water partition coefficient (Wildman–Crippen LogP) is 3.79. The predicted molar refractivity (Wildman–Crippen MR) is 70.0 cm³/mol. The smallest absolute Gasteiger partial charge is 0.137 e. The van der Waals surface area contributed by atoms with Gasteiger partial charge in [0.25, 0.3) is 0 Å². The Morgan fingerprint density at radius 2 is 2.06 bits per heavy atom. The van der Waals surface area contributed by atoms with Gasteiger partial charge in [0.1, 0.15) is 11.6 Å². The number of nitriles is 1. The second-order valence-electron chi connectivity index (χ2n) is 3.70. The number of nitrogens with zero attached hydrogens (tertiary/aromatic N) is 1. The van der Waals surface area contributed by atoms with Crippen molar-refractivity contribution in [2.24, 2.45) is 0 Å². The molecule has 0 heterocycles. The molecule has 2 aromatic carbocycles. The van der Waals surface area contributed by atoms with Crippen LogP contribution in [-0.2, 0) is 0 Å². The van der Waals surface area contributed by atoms with Gasteiger partial charge in [-0.05, 0) is 36.1 Å². The SMILES string of the molecule is CSc1cc(C#N)cc(-c2cccc(F)c2)c1O. The Labute approximate surface area is 109 Å². The minimum Gasteiger partial charge on any atom is -0.506 e. The first-order valence-electron chi connectivity index (χ1n) is 5.22. The molecule has 4 heteroatoms. The summed E-state index contributed by atoms with van der Waals surface area (Å²) in [5.74, 6) is -0.299. The summed E-state index contributed by atoms with van der Waals surface area (Å²) in [6.45, 7) is 0. The van der Waals surface area contributed by atoms with Crippen LogP contribution in [0, 0.1) is 17.1 Å². The van der Waals surface area contributed by atoms with Crippen LogP contribution >= 0.6 is 11.8 Å². The molecule has 0 unspecified atom stereocenters. The normalized spacial score (nSPS) is 10.1. The van der Waals surface area contributed by atoms with Gasteiger partial charge in [-0.1, -0.05) is 12.1 Å². The summed E-state index contributed by atoms with van der Waals surface area (Å²) in [5, 5.41) is 19.1. The van der Waals surface area contributed by atoms with Crippen LogP contribution in [0.25, 0.3) is 11.1 Å². The van der Waals surface area contributed by atoms with E-state index in [1.54, 1.807) is 24.3 Å². The summed E-state index contributed by atoms with van der Waals surface area (Å²) in [4.78, 5) is 0.605. The summed E-state index contributed by atoms with van der Waals surface area (Å²) in [6, 6.07) is 11.1. The van der Waals surface area contributed by atoms with Crippen molar-refractivity contribution in [3.63, 3.8) is 0 Å². The fourth-order valence-electron chi connectivity index (χ4n) is 1.70. The Kier molecular flexibility index (Phi) is 3.54. The molecule has 2 aromatic rings. The molecule has 0 aliphatic rings. The van der Waals surface area contributed by atoms with E-state index in [9.17, 15) is 9.50 Å². The van der Waals surface area contributed by atoms with Gasteiger partial charge in [-0.3, -0.25) is 0 Å². The van der Waals surface area contributed by atoms with Crippen molar-refractivity contribution >= 4 is 11.8 Å². The average Bonchev–Trinajstić information content (AvgIpc) is 2.39. The molecule has 0 atom stereocenters. The Morgan fingerprint density at radius 3 is 2.67 bits per heavy atom. The van der Waals surface area contributed by atoms with Gasteiger partial charge >= 0.3 is 0 Å². The van der Waals surface area contributed by atoms with Crippen molar-refractivity contribution in [1.29, 1.82) is 5.26 Å². The lowest BCUT2D eigenvalue weighted by molar-refractivity contribution is 0.464. The fourth-order valence-corrected chi connectivity index (χ4v) is 2.25. The minimum atomic E-state index is -0.375. The quantitative estimate of drug-likeness (QED) is 0.834. The van der Waals surface area contributed by atoms with Crippen LogP contribution in [0.2, 0.25) is 0 Å². The molecule has 0 spiro atoms. The van der Waals surface area contributed by atoms with Crippen LogP contribution < -0.4 is 0 Å². The summed E-state index contributed by atoms with van der Waals surface area (Å²) < 4.78 is 13.2. The molecule has 0 fully saturated rings. The third kappa shape index (κ3) is 2.31. The molecular formula is C14H10FNOS. The molecule has 0 aliphatic carbocycles. The van der Waals surface area contributed by atoms with Gasteiger partial charge in [0, 0.05) is 5.56 Å². The maximum Gasteiger partial charge on any atom is 0.137 e. The van der Waals surface area contributed by atoms with Gasteiger partial charge < -0.3 is 5.11 Å². The molecule has 0 saturated heterocycles. The minimum absolute atomic E-state index is 0.0760. The number of hydrogen-bond donors (Lipinski definition) is 1. The molecule has 18 heavy (non-hydrogen) atoms. The Bertz CT molecular complexity index is 634. The third-order valence-electron chi connectivity index (χ3n) is 2.56. The highest BCUT2D eigenvalue weighted by Crippen LogP contribution is 2.37. The number of halogens is 1. The summed E-state index contributed by atoms with van der Waals surface area (Å²) in [7, 11) is 0. The highest BCUT2D eigenvalue weighted by Gasteiger charge is 2.11. The molecule has 0 aromatic heterocycles. The molecule has 90 valence electrons. The van der Waals surface area contributed by atoms with Gasteiger partial charge in [-0.15, -0.1) is 11.8 Å². The van der Waals surface area contributed by atoms with E-state index in [0.717, 1.165) is 0 Å². The van der Waals surface area contributed by atoms with E-state index in [0.29, 0.717) is 21.6 Å². The zero-order valence-corrected chi connectivity index (χ0v) is 10.5. The molecule has 0 amide bonds. The Morgan fingerprint density at radius 1 is 1.28 bits per heavy atom. The first-order chi connectivity index (χ1) is 8.65. The van der Waals surface area contributed by atoms with Crippen LogP contribution in [0.15, 0.2) is 41.3 Å². The summed E-state index contributed by atoms with van der Waals surface area (Å²) in [5.41, 5.74) is 1.47. The van der Waals surface area contributed by atoms with Crippen LogP contribution in [0.5, 0.6) is 5.75 Å². The molecule has 2 nitrogen and oxygen atoms in total. The lowest BCUT2D eigenvalue weighted by atomic mass is 10.0. The van der Waals surface area contributed by atoms with E-state index in [4.69, 9.17) is 5.26 Å². The van der Waals surface area contributed by atoms with E-state index < -0.39 is 0 Å². The van der Waals surface area contributed by atoms with E-state index in [-0.39, 0.29) is 11.6 Å². The van der Waals surface area contributed by atoms with Crippen LogP contribution in [-0.4, -0.2) is 11.4 Å². The zero-order chi connectivity index (χ0) is 13.1. The maximum absolute atomic E-state index is 13.2. The first kappa shape index (κ1) is 12.5. The number of hydrogen-bond acceptors (Lipinski definition) is 3. The number of phenolic OH excluding ortho intramolecular Hbond substituents is 1. The summed E-state index contributed by atoms with van der Waals surface area (Å²) >= 11 is 1.34. The molecule has 0 aliphatic heterocycles. The Hall–Kier alpha value is -1.99. The molecule has 0 saturated carbocycles. The van der Waals surface area contributed by atoms with E-state index in [1.807, 2.05) is 12.3 Å². The number of thioether (sulfide) groups is 1. The van der Waals surface area contributed by atoms with Crippen LogP contribution in [0.1, 0.15) is 5.56 Å². The van der Waals surface area contributed by atoms with E-state index in [1.165, 1.54) is 23.9 Å². The standard InChI is InChI=1S/C14H10FNOS/c1-18-13-6-9(8-16)5-12(14(13)17)10-3-2-4-11(15)7-10/h2-7,17H,1H3. The van der Waals surface area contributed by atoms with Gasteiger partial charge in [-0.2, -0.15) is 5.26 Å². The monoisotopic (exact) mass is 259 g/mol. The van der Waals surface area contributed by atoms with E-state index in [2.05, 4.69) is 0 Å². The summed E-state index contributed by atoms with van der Waals surface area (Å²) in [6.07, 6.45) is 1.81. The van der Waals surface area contributed by atoms with Crippen LogP contribution in [0.3, 0.4) is 0 Å². The lowest BCUT2D eigenvalue weighted by Crippen LogP contribution is -1.86. The second-order valence-corrected chi connectivity index (χ2v) is 4.54. The van der Waals surface area contributed by atoms with Crippen molar-refractivity contribution in [3.8, 4) is 22.9 Å². The first-order valence-corrected chi connectivity index (χ1v) is 6.45. The number of aromatic hydroxyl groups is 1. The highest BCUT2D eigenvalue weighted by atomic mass is 32.2. The van der Waals surface area contributed by atoms with Gasteiger partial charge in [0.05, 0.1) is 16.5 Å². The maximum atomic E-state index is 13.2. The molecular weight excluding hydrogens is 249 g/mol. The number of benzene rings is 2.